The molecule has 2 rings (SSSR count). The summed E-state index contributed by atoms with van der Waals surface area (Å²) in [5.74, 6) is 0. The standard InChI is InChI=1S/C11H12N2O3S/c14-8-9-3-1-2-4-11(9)13-17(15,16)10-5-6-12-7-10/h1-7,12-14H,8H2. The number of nitrogens with one attached hydrogen (secondary N) is 2. The van der Waals surface area contributed by atoms with Gasteiger partial charge in [0.1, 0.15) is 4.90 Å². The van der Waals surface area contributed by atoms with Crippen LogP contribution in [-0.4, -0.2) is 18.5 Å². The topological polar surface area (TPSA) is 82.2 Å². The van der Waals surface area contributed by atoms with Crippen LogP contribution in [0.2, 0.25) is 0 Å². The number of aromatic nitrogens is 1. The maximum atomic E-state index is 11.9. The van der Waals surface area contributed by atoms with Gasteiger partial charge in [0.2, 0.25) is 0 Å². The van der Waals surface area contributed by atoms with Crippen LogP contribution in [0, 0.1) is 0 Å². The number of aliphatic hydroxyl groups is 1. The van der Waals surface area contributed by atoms with Crippen LogP contribution in [0.3, 0.4) is 0 Å². The number of para-hydroxylation sites is 1. The molecule has 0 bridgehead atoms. The maximum absolute atomic E-state index is 11.9. The fraction of sp³-hybridized carbons (Fsp3) is 0.0909. The van der Waals surface area contributed by atoms with Crippen LogP contribution >= 0.6 is 0 Å². The van der Waals surface area contributed by atoms with Crippen LogP contribution in [-0.2, 0) is 16.6 Å². The molecule has 1 aromatic heterocycles. The molecule has 0 radical (unpaired) electrons. The Morgan fingerprint density at radius 2 is 2.00 bits per heavy atom. The predicted molar refractivity (Wildman–Crippen MR) is 64.0 cm³/mol. The zero-order valence-corrected chi connectivity index (χ0v) is 9.74. The number of H-pyrrole nitrogens is 1. The Bertz CT molecular complexity index is 591. The van der Waals surface area contributed by atoms with E-state index < -0.39 is 10.0 Å². The van der Waals surface area contributed by atoms with Crippen molar-refractivity contribution in [1.29, 1.82) is 0 Å². The normalized spacial score (nSPS) is 11.4. The van der Waals surface area contributed by atoms with Gasteiger partial charge in [-0.2, -0.15) is 0 Å². The van der Waals surface area contributed by atoms with Crippen molar-refractivity contribution in [3.05, 3.63) is 48.3 Å². The minimum Gasteiger partial charge on any atom is -0.392 e. The van der Waals surface area contributed by atoms with E-state index in [9.17, 15) is 8.42 Å². The first-order chi connectivity index (χ1) is 8.13. The Balaban J connectivity index is 2.33. The molecule has 0 aliphatic carbocycles. The molecule has 5 nitrogen and oxygen atoms in total. The highest BCUT2D eigenvalue weighted by atomic mass is 32.2. The van der Waals surface area contributed by atoms with Crippen molar-refractivity contribution in [2.45, 2.75) is 11.5 Å². The lowest BCUT2D eigenvalue weighted by Crippen LogP contribution is -2.13. The van der Waals surface area contributed by atoms with E-state index in [0.29, 0.717) is 11.3 Å². The third-order valence-corrected chi connectivity index (χ3v) is 3.67. The van der Waals surface area contributed by atoms with Crippen molar-refractivity contribution >= 4 is 15.7 Å². The predicted octanol–water partition coefficient (Wildman–Crippen LogP) is 1.31. The highest BCUT2D eigenvalue weighted by molar-refractivity contribution is 7.92. The van der Waals surface area contributed by atoms with E-state index in [1.807, 2.05) is 0 Å². The number of sulfonamides is 1. The summed E-state index contributed by atoms with van der Waals surface area (Å²) in [6, 6.07) is 8.17. The molecule has 0 aliphatic heterocycles. The number of aliphatic hydroxyl groups excluding tert-OH is 1. The Morgan fingerprint density at radius 3 is 2.65 bits per heavy atom. The molecule has 3 N–H and O–H groups in total. The summed E-state index contributed by atoms with van der Waals surface area (Å²) >= 11 is 0. The fourth-order valence-electron chi connectivity index (χ4n) is 1.44. The van der Waals surface area contributed by atoms with E-state index in [1.165, 1.54) is 18.5 Å². The molecule has 1 heterocycles. The Hall–Kier alpha value is -1.79. The molecule has 0 atom stereocenters. The van der Waals surface area contributed by atoms with E-state index >= 15 is 0 Å². The van der Waals surface area contributed by atoms with Crippen molar-refractivity contribution in [3.63, 3.8) is 0 Å². The second kappa shape index (κ2) is 4.60. The van der Waals surface area contributed by atoms with Crippen LogP contribution in [0.15, 0.2) is 47.6 Å². The van der Waals surface area contributed by atoms with Crippen molar-refractivity contribution in [2.24, 2.45) is 0 Å². The molecule has 6 heteroatoms. The summed E-state index contributed by atoms with van der Waals surface area (Å²) in [6.07, 6.45) is 2.93. The Kier molecular flexibility index (Phi) is 3.16. The molecular formula is C11H12N2O3S. The average Bonchev–Trinajstić information content (AvgIpc) is 2.83. The van der Waals surface area contributed by atoms with E-state index in [-0.39, 0.29) is 11.5 Å². The van der Waals surface area contributed by atoms with E-state index in [4.69, 9.17) is 5.11 Å². The average molecular weight is 252 g/mol. The van der Waals surface area contributed by atoms with Crippen LogP contribution in [0.25, 0.3) is 0 Å². The number of hydrogen-bond donors (Lipinski definition) is 3. The Labute approximate surface area is 99.2 Å². The first kappa shape index (κ1) is 11.7. The number of benzene rings is 1. The second-order valence-electron chi connectivity index (χ2n) is 3.47. The zero-order chi connectivity index (χ0) is 12.3. The van der Waals surface area contributed by atoms with Gasteiger partial charge < -0.3 is 10.1 Å². The minimum absolute atomic E-state index is 0.158. The first-order valence-corrected chi connectivity index (χ1v) is 6.46. The van der Waals surface area contributed by atoms with Crippen LogP contribution in [0.1, 0.15) is 5.56 Å². The summed E-state index contributed by atoms with van der Waals surface area (Å²) in [4.78, 5) is 2.84. The van der Waals surface area contributed by atoms with Crippen molar-refractivity contribution in [2.75, 3.05) is 4.72 Å². The van der Waals surface area contributed by atoms with E-state index in [0.717, 1.165) is 0 Å². The molecule has 0 fully saturated rings. The monoisotopic (exact) mass is 252 g/mol. The maximum Gasteiger partial charge on any atom is 0.263 e. The largest absolute Gasteiger partial charge is 0.392 e. The number of rotatable bonds is 4. The molecule has 2 aromatic rings. The van der Waals surface area contributed by atoms with Gasteiger partial charge in [0.05, 0.1) is 12.3 Å². The van der Waals surface area contributed by atoms with Gasteiger partial charge in [-0.25, -0.2) is 8.42 Å². The van der Waals surface area contributed by atoms with Gasteiger partial charge in [0.25, 0.3) is 10.0 Å². The minimum atomic E-state index is -3.59. The van der Waals surface area contributed by atoms with Crippen LogP contribution in [0.5, 0.6) is 0 Å². The first-order valence-electron chi connectivity index (χ1n) is 4.98. The molecule has 1 aromatic carbocycles. The van der Waals surface area contributed by atoms with Crippen molar-refractivity contribution in [1.82, 2.24) is 4.98 Å². The molecule has 0 aliphatic rings. The highest BCUT2D eigenvalue weighted by Gasteiger charge is 2.15. The van der Waals surface area contributed by atoms with Gasteiger partial charge >= 0.3 is 0 Å². The molecule has 17 heavy (non-hydrogen) atoms. The van der Waals surface area contributed by atoms with Crippen LogP contribution in [0.4, 0.5) is 5.69 Å². The lowest BCUT2D eigenvalue weighted by atomic mass is 10.2. The third kappa shape index (κ3) is 2.48. The zero-order valence-electron chi connectivity index (χ0n) is 8.92. The summed E-state index contributed by atoms with van der Waals surface area (Å²) < 4.78 is 26.3. The van der Waals surface area contributed by atoms with Gasteiger partial charge in [-0.1, -0.05) is 18.2 Å². The molecular weight excluding hydrogens is 240 g/mol. The quantitative estimate of drug-likeness (QED) is 0.767. The highest BCUT2D eigenvalue weighted by Crippen LogP contribution is 2.19. The van der Waals surface area contributed by atoms with Crippen molar-refractivity contribution < 1.29 is 13.5 Å². The van der Waals surface area contributed by atoms with E-state index in [1.54, 1.807) is 24.3 Å². The number of hydrogen-bond acceptors (Lipinski definition) is 3. The lowest BCUT2D eigenvalue weighted by Gasteiger charge is -2.09. The van der Waals surface area contributed by atoms with Gasteiger partial charge in [-0.05, 0) is 12.1 Å². The SMILES string of the molecule is O=S(=O)(Nc1ccccc1CO)c1cc[nH]c1. The molecule has 0 amide bonds. The summed E-state index contributed by atoms with van der Waals surface area (Å²) in [7, 11) is -3.59. The van der Waals surface area contributed by atoms with Crippen molar-refractivity contribution in [3.8, 4) is 0 Å². The van der Waals surface area contributed by atoms with Gasteiger partial charge in [0, 0.05) is 18.0 Å². The number of anilines is 1. The summed E-state index contributed by atoms with van der Waals surface area (Å²) in [6.45, 7) is -0.216. The second-order valence-corrected chi connectivity index (χ2v) is 5.15. The van der Waals surface area contributed by atoms with E-state index in [2.05, 4.69) is 9.71 Å². The summed E-state index contributed by atoms with van der Waals surface area (Å²) in [5, 5.41) is 9.10. The van der Waals surface area contributed by atoms with Gasteiger partial charge in [0.15, 0.2) is 0 Å². The fourth-order valence-corrected chi connectivity index (χ4v) is 2.51. The molecule has 0 spiro atoms. The molecule has 0 unspecified atom stereocenters. The van der Waals surface area contributed by atoms with Gasteiger partial charge in [-0.3, -0.25) is 4.72 Å². The van der Waals surface area contributed by atoms with Crippen LogP contribution < -0.4 is 4.72 Å². The molecule has 90 valence electrons. The lowest BCUT2D eigenvalue weighted by molar-refractivity contribution is 0.282. The summed E-state index contributed by atoms with van der Waals surface area (Å²) in [5.41, 5.74) is 0.919. The van der Waals surface area contributed by atoms with Gasteiger partial charge in [-0.15, -0.1) is 0 Å². The number of aromatic amines is 1. The Morgan fingerprint density at radius 1 is 1.24 bits per heavy atom. The smallest absolute Gasteiger partial charge is 0.263 e. The molecule has 0 saturated carbocycles. The third-order valence-electron chi connectivity index (χ3n) is 2.31. The molecule has 0 saturated heterocycles.